The van der Waals surface area contributed by atoms with Crippen LogP contribution in [-0.2, 0) is 13.6 Å². The van der Waals surface area contributed by atoms with E-state index in [9.17, 15) is 0 Å². The van der Waals surface area contributed by atoms with Gasteiger partial charge in [0.15, 0.2) is 0 Å². The van der Waals surface area contributed by atoms with Gasteiger partial charge in [0, 0.05) is 38.3 Å². The molecule has 2 fully saturated rings. The van der Waals surface area contributed by atoms with E-state index in [1.54, 1.807) is 0 Å². The molecule has 1 unspecified atom stereocenters. The Kier molecular flexibility index (Phi) is 3.59. The van der Waals surface area contributed by atoms with Crippen LogP contribution in [0.2, 0.25) is 5.02 Å². The van der Waals surface area contributed by atoms with Crippen molar-refractivity contribution in [3.8, 4) is 0 Å². The van der Waals surface area contributed by atoms with E-state index in [0.717, 1.165) is 42.0 Å². The van der Waals surface area contributed by atoms with Crippen molar-refractivity contribution in [2.45, 2.75) is 51.7 Å². The highest BCUT2D eigenvalue weighted by atomic mass is 35.5. The number of nitrogens with zero attached hydrogens (tertiary/aromatic N) is 3. The largest absolute Gasteiger partial charge is 0.309 e. The minimum atomic E-state index is 0.172. The monoisotopic (exact) mass is 296 g/mol. The summed E-state index contributed by atoms with van der Waals surface area (Å²) in [6.07, 6.45) is 2.75. The fourth-order valence-corrected chi connectivity index (χ4v) is 3.57. The summed E-state index contributed by atoms with van der Waals surface area (Å²) in [5, 5.41) is 8.96. The summed E-state index contributed by atoms with van der Waals surface area (Å²) < 4.78 is 1.94. The smallest absolute Gasteiger partial charge is 0.0860 e. The minimum Gasteiger partial charge on any atom is -0.309 e. The Morgan fingerprint density at radius 3 is 2.65 bits per heavy atom. The van der Waals surface area contributed by atoms with Gasteiger partial charge in [0.25, 0.3) is 0 Å². The fraction of sp³-hybridized carbons (Fsp3) is 0.800. The number of rotatable bonds is 3. The first kappa shape index (κ1) is 14.4. The first-order chi connectivity index (χ1) is 9.37. The molecule has 0 amide bonds. The number of piperazine rings is 1. The molecule has 1 saturated heterocycles. The predicted molar refractivity (Wildman–Crippen MR) is 82.0 cm³/mol. The number of nitrogens with one attached hydrogen (secondary N) is 1. The van der Waals surface area contributed by atoms with E-state index in [0.29, 0.717) is 6.04 Å². The Bertz CT molecular complexity index is 504. The molecule has 2 heterocycles. The van der Waals surface area contributed by atoms with Crippen molar-refractivity contribution in [1.82, 2.24) is 20.0 Å². The van der Waals surface area contributed by atoms with Crippen molar-refractivity contribution >= 4 is 11.6 Å². The summed E-state index contributed by atoms with van der Waals surface area (Å²) >= 11 is 6.42. The molecule has 1 aliphatic heterocycles. The Hall–Kier alpha value is -0.580. The van der Waals surface area contributed by atoms with Gasteiger partial charge >= 0.3 is 0 Å². The van der Waals surface area contributed by atoms with Crippen LogP contribution in [0.4, 0.5) is 0 Å². The lowest BCUT2D eigenvalue weighted by molar-refractivity contribution is 0.0738. The predicted octanol–water partition coefficient (Wildman–Crippen LogP) is 2.34. The zero-order valence-corrected chi connectivity index (χ0v) is 13.7. The Morgan fingerprint density at radius 2 is 2.10 bits per heavy atom. The van der Waals surface area contributed by atoms with Gasteiger partial charge in [-0.05, 0) is 39.5 Å². The fourth-order valence-electron chi connectivity index (χ4n) is 3.35. The van der Waals surface area contributed by atoms with Crippen molar-refractivity contribution in [3.05, 3.63) is 16.4 Å². The third-order valence-corrected chi connectivity index (χ3v) is 5.13. The van der Waals surface area contributed by atoms with Crippen LogP contribution in [-0.4, -0.2) is 39.4 Å². The van der Waals surface area contributed by atoms with Crippen LogP contribution in [0.1, 0.15) is 38.1 Å². The van der Waals surface area contributed by atoms with Crippen molar-refractivity contribution in [3.63, 3.8) is 0 Å². The molecule has 1 aromatic heterocycles. The summed E-state index contributed by atoms with van der Waals surface area (Å²) in [6.45, 7) is 9.59. The molecular formula is C15H25ClN4. The molecule has 1 atom stereocenters. The van der Waals surface area contributed by atoms with E-state index in [2.05, 4.69) is 29.2 Å². The van der Waals surface area contributed by atoms with Crippen molar-refractivity contribution < 1.29 is 0 Å². The van der Waals surface area contributed by atoms with E-state index in [4.69, 9.17) is 11.6 Å². The average molecular weight is 297 g/mol. The topological polar surface area (TPSA) is 33.1 Å². The molecule has 0 bridgehead atoms. The first-order valence-electron chi connectivity index (χ1n) is 7.54. The van der Waals surface area contributed by atoms with E-state index < -0.39 is 0 Å². The van der Waals surface area contributed by atoms with E-state index in [1.165, 1.54) is 12.8 Å². The van der Waals surface area contributed by atoms with Gasteiger partial charge in [-0.2, -0.15) is 5.10 Å². The summed E-state index contributed by atoms with van der Waals surface area (Å²) in [4.78, 5) is 2.61. The summed E-state index contributed by atoms with van der Waals surface area (Å²) in [5.41, 5.74) is 2.25. The van der Waals surface area contributed by atoms with Crippen LogP contribution >= 0.6 is 11.6 Å². The second-order valence-electron chi connectivity index (χ2n) is 7.04. The molecule has 2 aliphatic rings. The number of aromatic nitrogens is 2. The number of aryl methyl sites for hydroxylation is 2. The number of hydrogen-bond donors (Lipinski definition) is 1. The highest BCUT2D eigenvalue weighted by Crippen LogP contribution is 2.38. The van der Waals surface area contributed by atoms with Gasteiger partial charge in [0.05, 0.1) is 16.4 Å². The van der Waals surface area contributed by atoms with Gasteiger partial charge < -0.3 is 5.32 Å². The highest BCUT2D eigenvalue weighted by molar-refractivity contribution is 6.31. The van der Waals surface area contributed by atoms with Crippen LogP contribution in [0.5, 0.6) is 0 Å². The van der Waals surface area contributed by atoms with E-state index in [1.807, 2.05) is 18.7 Å². The lowest BCUT2D eigenvalue weighted by Gasteiger charge is -2.45. The van der Waals surface area contributed by atoms with Gasteiger partial charge in [0.1, 0.15) is 0 Å². The molecule has 112 valence electrons. The molecule has 0 spiro atoms. The van der Waals surface area contributed by atoms with Crippen LogP contribution in [0.15, 0.2) is 0 Å². The minimum absolute atomic E-state index is 0.172. The molecule has 1 saturated carbocycles. The van der Waals surface area contributed by atoms with Crippen molar-refractivity contribution in [2.75, 3.05) is 13.1 Å². The van der Waals surface area contributed by atoms with Gasteiger partial charge in [-0.15, -0.1) is 0 Å². The molecule has 4 nitrogen and oxygen atoms in total. The quantitative estimate of drug-likeness (QED) is 0.929. The normalized spacial score (nSPS) is 26.9. The molecule has 20 heavy (non-hydrogen) atoms. The molecule has 0 aromatic carbocycles. The zero-order valence-electron chi connectivity index (χ0n) is 12.9. The van der Waals surface area contributed by atoms with Crippen LogP contribution in [0.3, 0.4) is 0 Å². The van der Waals surface area contributed by atoms with Gasteiger partial charge in [0.2, 0.25) is 0 Å². The maximum atomic E-state index is 6.42. The Balaban J connectivity index is 1.81. The Morgan fingerprint density at radius 1 is 1.40 bits per heavy atom. The van der Waals surface area contributed by atoms with Gasteiger partial charge in [-0.25, -0.2) is 0 Å². The molecule has 0 radical (unpaired) electrons. The molecule has 1 aromatic rings. The van der Waals surface area contributed by atoms with Crippen LogP contribution in [0, 0.1) is 12.8 Å². The standard InChI is InChI=1S/C15H25ClN4/c1-10-14(16)13(19(4)18-10)8-20-9-15(2,3)17-7-12(20)11-5-6-11/h11-12,17H,5-9H2,1-4H3. The van der Waals surface area contributed by atoms with Gasteiger partial charge in [-0.3, -0.25) is 9.58 Å². The SMILES string of the molecule is Cc1nn(C)c(CN2CC(C)(C)NCC2C2CC2)c1Cl. The summed E-state index contributed by atoms with van der Waals surface area (Å²) in [7, 11) is 1.99. The Labute approximate surface area is 126 Å². The second kappa shape index (κ2) is 5.00. The van der Waals surface area contributed by atoms with Crippen molar-refractivity contribution in [1.29, 1.82) is 0 Å². The molecular weight excluding hydrogens is 272 g/mol. The van der Waals surface area contributed by atoms with E-state index in [-0.39, 0.29) is 5.54 Å². The second-order valence-corrected chi connectivity index (χ2v) is 7.42. The molecule has 1 aliphatic carbocycles. The van der Waals surface area contributed by atoms with Crippen LogP contribution < -0.4 is 5.32 Å². The molecule has 1 N–H and O–H groups in total. The van der Waals surface area contributed by atoms with Crippen molar-refractivity contribution in [2.24, 2.45) is 13.0 Å². The summed E-state index contributed by atoms with van der Waals surface area (Å²) in [5.74, 6) is 0.867. The summed E-state index contributed by atoms with van der Waals surface area (Å²) in [6, 6.07) is 0.647. The molecule has 5 heteroatoms. The first-order valence-corrected chi connectivity index (χ1v) is 7.92. The van der Waals surface area contributed by atoms with Crippen LogP contribution in [0.25, 0.3) is 0 Å². The van der Waals surface area contributed by atoms with Gasteiger partial charge in [-0.1, -0.05) is 11.6 Å². The third kappa shape index (κ3) is 2.74. The molecule has 3 rings (SSSR count). The average Bonchev–Trinajstić information content (AvgIpc) is 3.14. The third-order valence-electron chi connectivity index (χ3n) is 4.64. The lowest BCUT2D eigenvalue weighted by Crippen LogP contribution is -2.61. The maximum absolute atomic E-state index is 6.42. The number of halogens is 1. The maximum Gasteiger partial charge on any atom is 0.0860 e. The highest BCUT2D eigenvalue weighted by Gasteiger charge is 2.41. The van der Waals surface area contributed by atoms with E-state index >= 15 is 0 Å². The number of hydrogen-bond acceptors (Lipinski definition) is 3. The zero-order chi connectivity index (χ0) is 14.5. The lowest BCUT2D eigenvalue weighted by atomic mass is 9.96.